The van der Waals surface area contributed by atoms with Gasteiger partial charge in [-0.15, -0.1) is 0 Å². The van der Waals surface area contributed by atoms with Crippen LogP contribution in [0, 0.1) is 12.8 Å². The van der Waals surface area contributed by atoms with Gasteiger partial charge in [0, 0.05) is 24.7 Å². The zero-order valence-electron chi connectivity index (χ0n) is 13.1. The highest BCUT2D eigenvalue weighted by molar-refractivity contribution is 6.03. The van der Waals surface area contributed by atoms with Crippen LogP contribution in [0.1, 0.15) is 17.7 Å². The number of carbonyl (C=O) groups excluding carboxylic acids is 2. The summed E-state index contributed by atoms with van der Waals surface area (Å²) in [5.74, 6) is -0.776. The molecule has 2 amide bonds. The molecule has 1 aliphatic heterocycles. The predicted molar refractivity (Wildman–Crippen MR) is 81.8 cm³/mol. The molecule has 1 unspecified atom stereocenters. The lowest BCUT2D eigenvalue weighted by molar-refractivity contribution is -0.137. The van der Waals surface area contributed by atoms with Gasteiger partial charge in [0.05, 0.1) is 11.5 Å². The van der Waals surface area contributed by atoms with Crippen molar-refractivity contribution in [2.45, 2.75) is 19.5 Å². The lowest BCUT2D eigenvalue weighted by atomic mass is 10.1. The Morgan fingerprint density at radius 1 is 1.36 bits per heavy atom. The Morgan fingerprint density at radius 3 is 2.76 bits per heavy atom. The predicted octanol–water partition coefficient (Wildman–Crippen LogP) is 2.99. The van der Waals surface area contributed by atoms with E-state index in [1.165, 1.54) is 23.1 Å². The van der Waals surface area contributed by atoms with E-state index < -0.39 is 29.5 Å². The number of anilines is 2. The first kappa shape index (κ1) is 17.0. The number of rotatable bonds is 3. The summed E-state index contributed by atoms with van der Waals surface area (Å²) in [5.41, 5.74) is -0.726. The molecule has 1 atom stereocenters. The van der Waals surface area contributed by atoms with Crippen LogP contribution >= 0.6 is 0 Å². The molecule has 1 saturated heterocycles. The van der Waals surface area contributed by atoms with Crippen molar-refractivity contribution in [2.24, 2.45) is 5.92 Å². The second kappa shape index (κ2) is 6.23. The number of halogens is 3. The summed E-state index contributed by atoms with van der Waals surface area (Å²) in [6.45, 7) is 1.67. The van der Waals surface area contributed by atoms with Gasteiger partial charge in [-0.3, -0.25) is 9.59 Å². The summed E-state index contributed by atoms with van der Waals surface area (Å²) in [6, 6.07) is 6.00. The first-order chi connectivity index (χ1) is 11.7. The molecule has 0 saturated carbocycles. The van der Waals surface area contributed by atoms with E-state index in [0.29, 0.717) is 5.76 Å². The summed E-state index contributed by atoms with van der Waals surface area (Å²) in [6.07, 6.45) is -4.58. The van der Waals surface area contributed by atoms with E-state index in [-0.39, 0.29) is 24.5 Å². The third kappa shape index (κ3) is 3.65. The summed E-state index contributed by atoms with van der Waals surface area (Å²) < 4.78 is 43.3. The van der Waals surface area contributed by atoms with Crippen LogP contribution in [0.2, 0.25) is 0 Å². The van der Waals surface area contributed by atoms with E-state index in [4.69, 9.17) is 4.52 Å². The topological polar surface area (TPSA) is 75.4 Å². The Balaban J connectivity index is 1.73. The molecular formula is C16H14F3N3O3. The smallest absolute Gasteiger partial charge is 0.360 e. The molecule has 9 heteroatoms. The van der Waals surface area contributed by atoms with E-state index in [0.717, 1.165) is 12.1 Å². The average molecular weight is 353 g/mol. The highest BCUT2D eigenvalue weighted by Gasteiger charge is 2.37. The molecule has 0 aliphatic carbocycles. The molecular weight excluding hydrogens is 339 g/mol. The number of alkyl halides is 3. The van der Waals surface area contributed by atoms with Crippen LogP contribution in [-0.4, -0.2) is 23.5 Å². The quantitative estimate of drug-likeness (QED) is 0.920. The molecule has 1 fully saturated rings. The molecule has 132 valence electrons. The van der Waals surface area contributed by atoms with Gasteiger partial charge in [-0.2, -0.15) is 13.2 Å². The number of hydrogen-bond acceptors (Lipinski definition) is 4. The highest BCUT2D eigenvalue weighted by atomic mass is 19.4. The fourth-order valence-corrected chi connectivity index (χ4v) is 2.64. The Bertz CT molecular complexity index is 816. The van der Waals surface area contributed by atoms with Gasteiger partial charge in [0.2, 0.25) is 11.8 Å². The van der Waals surface area contributed by atoms with Gasteiger partial charge in [-0.05, 0) is 25.1 Å². The van der Waals surface area contributed by atoms with Crippen molar-refractivity contribution in [3.63, 3.8) is 0 Å². The maximum absolute atomic E-state index is 12.8. The lowest BCUT2D eigenvalue weighted by Gasteiger charge is -2.18. The van der Waals surface area contributed by atoms with Gasteiger partial charge < -0.3 is 14.7 Å². The van der Waals surface area contributed by atoms with Gasteiger partial charge in [0.15, 0.2) is 5.82 Å². The molecule has 3 rings (SSSR count). The van der Waals surface area contributed by atoms with Crippen molar-refractivity contribution in [1.29, 1.82) is 0 Å². The summed E-state index contributed by atoms with van der Waals surface area (Å²) >= 11 is 0. The van der Waals surface area contributed by atoms with Crippen molar-refractivity contribution in [3.8, 4) is 0 Å². The molecule has 6 nitrogen and oxygen atoms in total. The third-order valence-corrected chi connectivity index (χ3v) is 3.86. The van der Waals surface area contributed by atoms with E-state index in [1.807, 2.05) is 0 Å². The number of aromatic nitrogens is 1. The van der Waals surface area contributed by atoms with Crippen molar-refractivity contribution in [2.75, 3.05) is 16.8 Å². The van der Waals surface area contributed by atoms with Crippen molar-refractivity contribution < 1.29 is 27.3 Å². The van der Waals surface area contributed by atoms with Crippen LogP contribution in [-0.2, 0) is 15.8 Å². The number of nitrogens with one attached hydrogen (secondary N) is 1. The average Bonchev–Trinajstić information content (AvgIpc) is 3.12. The van der Waals surface area contributed by atoms with Crippen LogP contribution in [0.25, 0.3) is 0 Å². The van der Waals surface area contributed by atoms with Gasteiger partial charge in [-0.1, -0.05) is 11.2 Å². The standard InChI is InChI=1S/C16H14F3N3O3/c1-9-5-13(21-25-9)20-15(24)10-6-14(23)22(8-10)12-4-2-3-11(7-12)16(17,18)19/h2-5,7,10H,6,8H2,1H3,(H,20,21,24). The molecule has 1 N–H and O–H groups in total. The zero-order chi connectivity index (χ0) is 18.2. The maximum atomic E-state index is 12.8. The molecule has 2 heterocycles. The minimum atomic E-state index is -4.50. The minimum absolute atomic E-state index is 0.00279. The molecule has 1 aromatic heterocycles. The van der Waals surface area contributed by atoms with Crippen molar-refractivity contribution in [3.05, 3.63) is 41.7 Å². The Morgan fingerprint density at radius 2 is 2.12 bits per heavy atom. The van der Waals surface area contributed by atoms with Gasteiger partial charge in [0.25, 0.3) is 0 Å². The van der Waals surface area contributed by atoms with Crippen molar-refractivity contribution >= 4 is 23.3 Å². The van der Waals surface area contributed by atoms with Crippen LogP contribution in [0.5, 0.6) is 0 Å². The number of amides is 2. The number of benzene rings is 1. The molecule has 0 bridgehead atoms. The molecule has 0 radical (unpaired) electrons. The summed E-state index contributed by atoms with van der Waals surface area (Å²) in [4.78, 5) is 25.5. The highest BCUT2D eigenvalue weighted by Crippen LogP contribution is 2.33. The third-order valence-electron chi connectivity index (χ3n) is 3.86. The fraction of sp³-hybridized carbons (Fsp3) is 0.312. The monoisotopic (exact) mass is 353 g/mol. The normalized spacial score (nSPS) is 17.8. The number of aryl methyl sites for hydroxylation is 1. The second-order valence-corrected chi connectivity index (χ2v) is 5.77. The number of hydrogen-bond donors (Lipinski definition) is 1. The zero-order valence-corrected chi connectivity index (χ0v) is 13.1. The first-order valence-electron chi connectivity index (χ1n) is 7.46. The minimum Gasteiger partial charge on any atom is -0.360 e. The van der Waals surface area contributed by atoms with Gasteiger partial charge >= 0.3 is 6.18 Å². The van der Waals surface area contributed by atoms with Crippen molar-refractivity contribution in [1.82, 2.24) is 5.16 Å². The largest absolute Gasteiger partial charge is 0.416 e. The van der Waals surface area contributed by atoms with Gasteiger partial charge in [-0.25, -0.2) is 0 Å². The first-order valence-corrected chi connectivity index (χ1v) is 7.46. The number of carbonyl (C=O) groups is 2. The molecule has 1 aromatic carbocycles. The Labute approximate surface area is 140 Å². The van der Waals surface area contributed by atoms with E-state index in [2.05, 4.69) is 10.5 Å². The van der Waals surface area contributed by atoms with Crippen LogP contribution in [0.3, 0.4) is 0 Å². The van der Waals surface area contributed by atoms with E-state index in [1.54, 1.807) is 6.92 Å². The summed E-state index contributed by atoms with van der Waals surface area (Å²) in [5, 5.41) is 6.16. The van der Waals surface area contributed by atoms with E-state index >= 15 is 0 Å². The Hall–Kier alpha value is -2.84. The van der Waals surface area contributed by atoms with Crippen LogP contribution < -0.4 is 10.2 Å². The SMILES string of the molecule is Cc1cc(NC(=O)C2CC(=O)N(c3cccc(C(F)(F)F)c3)C2)no1. The fourth-order valence-electron chi connectivity index (χ4n) is 2.64. The van der Waals surface area contributed by atoms with Gasteiger partial charge in [0.1, 0.15) is 5.76 Å². The Kier molecular flexibility index (Phi) is 4.23. The van der Waals surface area contributed by atoms with Crippen LogP contribution in [0.15, 0.2) is 34.9 Å². The second-order valence-electron chi connectivity index (χ2n) is 5.77. The van der Waals surface area contributed by atoms with Crippen LogP contribution in [0.4, 0.5) is 24.7 Å². The molecule has 1 aliphatic rings. The maximum Gasteiger partial charge on any atom is 0.416 e. The number of nitrogens with zero attached hydrogens (tertiary/aromatic N) is 2. The molecule has 0 spiro atoms. The summed E-state index contributed by atoms with van der Waals surface area (Å²) in [7, 11) is 0. The van der Waals surface area contributed by atoms with E-state index in [9.17, 15) is 22.8 Å². The lowest BCUT2D eigenvalue weighted by Crippen LogP contribution is -2.28. The molecule has 2 aromatic rings. The molecule has 25 heavy (non-hydrogen) atoms.